The third kappa shape index (κ3) is 4.03. The van der Waals surface area contributed by atoms with Gasteiger partial charge in [-0.3, -0.25) is 9.59 Å². The van der Waals surface area contributed by atoms with Gasteiger partial charge in [-0.25, -0.2) is 0 Å². The molecule has 0 aliphatic carbocycles. The summed E-state index contributed by atoms with van der Waals surface area (Å²) in [6.07, 6.45) is 0.966. The van der Waals surface area contributed by atoms with Crippen LogP contribution in [0.3, 0.4) is 0 Å². The van der Waals surface area contributed by atoms with Crippen molar-refractivity contribution in [3.8, 4) is 0 Å². The first-order valence-corrected chi connectivity index (χ1v) is 6.99. The Bertz CT molecular complexity index is 519. The van der Waals surface area contributed by atoms with E-state index in [2.05, 4.69) is 16.0 Å². The zero-order valence-electron chi connectivity index (χ0n) is 12.3. The van der Waals surface area contributed by atoms with E-state index in [1.165, 1.54) is 0 Å². The molecule has 1 aromatic carbocycles. The number of rotatable bonds is 5. The number of para-hydroxylation sites is 1. The van der Waals surface area contributed by atoms with Crippen LogP contribution < -0.4 is 16.0 Å². The summed E-state index contributed by atoms with van der Waals surface area (Å²) < 4.78 is 5.24. The molecule has 2 atom stereocenters. The highest BCUT2D eigenvalue weighted by molar-refractivity contribution is 5.96. The Kier molecular flexibility index (Phi) is 5.30. The molecule has 2 amide bonds. The summed E-state index contributed by atoms with van der Waals surface area (Å²) in [5, 5.41) is 8.60. The van der Waals surface area contributed by atoms with E-state index in [-0.39, 0.29) is 30.4 Å². The van der Waals surface area contributed by atoms with Gasteiger partial charge in [0, 0.05) is 26.4 Å². The Hall–Kier alpha value is -1.92. The molecule has 0 saturated carbocycles. The smallest absolute Gasteiger partial charge is 0.241 e. The predicted octanol–water partition coefficient (Wildman–Crippen LogP) is 0.291. The topological polar surface area (TPSA) is 79.5 Å². The number of ether oxygens (including phenoxy) is 1. The van der Waals surface area contributed by atoms with Crippen LogP contribution in [0.15, 0.2) is 24.3 Å². The summed E-state index contributed by atoms with van der Waals surface area (Å²) in [5.41, 5.74) is 1.47. The lowest BCUT2D eigenvalue weighted by molar-refractivity contribution is -0.120. The Labute approximate surface area is 124 Å². The minimum absolute atomic E-state index is 0.0712. The molecule has 0 radical (unpaired) electrons. The van der Waals surface area contributed by atoms with Gasteiger partial charge in [0.25, 0.3) is 0 Å². The number of amides is 2. The molecule has 6 heteroatoms. The molecule has 3 N–H and O–H groups in total. The van der Waals surface area contributed by atoms with Gasteiger partial charge in [-0.1, -0.05) is 18.2 Å². The lowest BCUT2D eigenvalue weighted by Gasteiger charge is -2.14. The van der Waals surface area contributed by atoms with Crippen molar-refractivity contribution in [1.29, 1.82) is 0 Å². The Morgan fingerprint density at radius 1 is 1.38 bits per heavy atom. The normalized spacial score (nSPS) is 21.0. The van der Waals surface area contributed by atoms with Gasteiger partial charge in [0.2, 0.25) is 11.8 Å². The monoisotopic (exact) mass is 291 g/mol. The number of likely N-dealkylation sites (N-methyl/N-ethyl adjacent to an activating group) is 1. The summed E-state index contributed by atoms with van der Waals surface area (Å²) in [6.45, 7) is 0.675. The molecule has 6 nitrogen and oxygen atoms in total. The van der Waals surface area contributed by atoms with Crippen molar-refractivity contribution in [2.45, 2.75) is 25.0 Å². The minimum atomic E-state index is -0.261. The van der Waals surface area contributed by atoms with E-state index in [1.807, 2.05) is 18.2 Å². The van der Waals surface area contributed by atoms with Crippen LogP contribution in [-0.4, -0.2) is 44.7 Å². The second-order valence-corrected chi connectivity index (χ2v) is 5.05. The van der Waals surface area contributed by atoms with Gasteiger partial charge in [-0.15, -0.1) is 0 Å². The number of benzene rings is 1. The Morgan fingerprint density at radius 2 is 2.14 bits per heavy atom. The maximum absolute atomic E-state index is 12.3. The molecule has 0 bridgehead atoms. The molecule has 1 aliphatic heterocycles. The summed E-state index contributed by atoms with van der Waals surface area (Å²) in [4.78, 5) is 23.8. The van der Waals surface area contributed by atoms with Crippen molar-refractivity contribution in [2.75, 3.05) is 26.0 Å². The zero-order chi connectivity index (χ0) is 15.2. The van der Waals surface area contributed by atoms with E-state index in [1.54, 1.807) is 20.2 Å². The van der Waals surface area contributed by atoms with Crippen LogP contribution in [-0.2, 0) is 20.7 Å². The van der Waals surface area contributed by atoms with Gasteiger partial charge in [0.05, 0.1) is 18.6 Å². The van der Waals surface area contributed by atoms with E-state index in [0.717, 1.165) is 5.56 Å². The van der Waals surface area contributed by atoms with Crippen molar-refractivity contribution >= 4 is 17.5 Å². The highest BCUT2D eigenvalue weighted by atomic mass is 16.5. The van der Waals surface area contributed by atoms with Crippen molar-refractivity contribution in [1.82, 2.24) is 10.6 Å². The van der Waals surface area contributed by atoms with Crippen LogP contribution in [0.2, 0.25) is 0 Å². The molecule has 1 saturated heterocycles. The summed E-state index contributed by atoms with van der Waals surface area (Å²) in [6, 6.07) is 7.07. The number of anilines is 1. The van der Waals surface area contributed by atoms with Gasteiger partial charge in [0.1, 0.15) is 0 Å². The molecule has 1 heterocycles. The van der Waals surface area contributed by atoms with Gasteiger partial charge < -0.3 is 20.7 Å². The Morgan fingerprint density at radius 3 is 2.81 bits per heavy atom. The molecule has 2 rings (SSSR count). The van der Waals surface area contributed by atoms with Crippen molar-refractivity contribution in [2.24, 2.45) is 0 Å². The largest absolute Gasteiger partial charge is 0.380 e. The maximum Gasteiger partial charge on any atom is 0.241 e. The third-order valence-corrected chi connectivity index (χ3v) is 3.65. The molecule has 0 spiro atoms. The van der Waals surface area contributed by atoms with E-state index < -0.39 is 0 Å². The molecular formula is C15H21N3O3. The first kappa shape index (κ1) is 15.5. The van der Waals surface area contributed by atoms with E-state index in [0.29, 0.717) is 18.7 Å². The second kappa shape index (κ2) is 7.19. The number of carbonyl (C=O) groups is 2. The molecular weight excluding hydrogens is 270 g/mol. The average molecular weight is 291 g/mol. The van der Waals surface area contributed by atoms with Crippen LogP contribution >= 0.6 is 0 Å². The number of nitrogens with one attached hydrogen (secondary N) is 3. The highest BCUT2D eigenvalue weighted by Gasteiger charge is 2.29. The van der Waals surface area contributed by atoms with Crippen LogP contribution in [0.5, 0.6) is 0 Å². The first-order chi connectivity index (χ1) is 10.1. The molecule has 2 unspecified atom stereocenters. The van der Waals surface area contributed by atoms with E-state index in [9.17, 15) is 9.59 Å². The molecule has 0 aromatic heterocycles. The maximum atomic E-state index is 12.3. The van der Waals surface area contributed by atoms with Gasteiger partial charge in [-0.05, 0) is 18.1 Å². The van der Waals surface area contributed by atoms with Gasteiger partial charge in [0.15, 0.2) is 0 Å². The van der Waals surface area contributed by atoms with Crippen molar-refractivity contribution in [3.63, 3.8) is 0 Å². The third-order valence-electron chi connectivity index (χ3n) is 3.65. The van der Waals surface area contributed by atoms with Crippen LogP contribution in [0.1, 0.15) is 12.0 Å². The number of hydrogen-bond acceptors (Lipinski definition) is 4. The molecule has 114 valence electrons. The van der Waals surface area contributed by atoms with Crippen molar-refractivity contribution < 1.29 is 14.3 Å². The zero-order valence-corrected chi connectivity index (χ0v) is 12.3. The standard InChI is InChI=1S/C15H21N3O3/c1-16-14(19)7-10-5-3-4-6-12(10)18-15(20)13-8-11(21-2)9-17-13/h3-6,11,13,17H,7-9H2,1-2H3,(H,16,19)(H,18,20). The fourth-order valence-corrected chi connectivity index (χ4v) is 2.36. The molecule has 1 aromatic rings. The SMILES string of the molecule is CNC(=O)Cc1ccccc1NC(=O)C1CC(OC)CN1. The average Bonchev–Trinajstić information content (AvgIpc) is 2.98. The van der Waals surface area contributed by atoms with Crippen LogP contribution in [0.25, 0.3) is 0 Å². The second-order valence-electron chi connectivity index (χ2n) is 5.05. The van der Waals surface area contributed by atoms with Crippen molar-refractivity contribution in [3.05, 3.63) is 29.8 Å². The van der Waals surface area contributed by atoms with E-state index in [4.69, 9.17) is 4.74 Å². The quantitative estimate of drug-likeness (QED) is 0.728. The Balaban J connectivity index is 2.02. The molecule has 21 heavy (non-hydrogen) atoms. The first-order valence-electron chi connectivity index (χ1n) is 6.99. The van der Waals surface area contributed by atoms with Crippen LogP contribution in [0, 0.1) is 0 Å². The summed E-state index contributed by atoms with van der Waals surface area (Å²) in [7, 11) is 3.24. The number of methoxy groups -OCH3 is 1. The summed E-state index contributed by atoms with van der Waals surface area (Å²) >= 11 is 0. The van der Waals surface area contributed by atoms with Gasteiger partial charge in [-0.2, -0.15) is 0 Å². The fourth-order valence-electron chi connectivity index (χ4n) is 2.36. The number of hydrogen-bond donors (Lipinski definition) is 3. The lowest BCUT2D eigenvalue weighted by Crippen LogP contribution is -2.35. The van der Waals surface area contributed by atoms with Gasteiger partial charge >= 0.3 is 0 Å². The van der Waals surface area contributed by atoms with Crippen LogP contribution in [0.4, 0.5) is 5.69 Å². The molecule has 1 fully saturated rings. The summed E-state index contributed by atoms with van der Waals surface area (Å²) in [5.74, 6) is -0.186. The molecule has 1 aliphatic rings. The highest BCUT2D eigenvalue weighted by Crippen LogP contribution is 2.18. The fraction of sp³-hybridized carbons (Fsp3) is 0.467. The lowest BCUT2D eigenvalue weighted by atomic mass is 10.1. The minimum Gasteiger partial charge on any atom is -0.380 e. The van der Waals surface area contributed by atoms with E-state index >= 15 is 0 Å². The number of carbonyl (C=O) groups excluding carboxylic acids is 2. The predicted molar refractivity (Wildman–Crippen MR) is 80.0 cm³/mol.